The third-order valence-electron chi connectivity index (χ3n) is 2.22. The van der Waals surface area contributed by atoms with Gasteiger partial charge in [-0.1, -0.05) is 0 Å². The number of carbonyl (C=O) groups is 1. The second-order valence-electron chi connectivity index (χ2n) is 3.66. The molecule has 2 N–H and O–H groups in total. The summed E-state index contributed by atoms with van der Waals surface area (Å²) in [5.41, 5.74) is -0.135. The van der Waals surface area contributed by atoms with Gasteiger partial charge in [0.1, 0.15) is 11.6 Å². The Kier molecular flexibility index (Phi) is 3.61. The van der Waals surface area contributed by atoms with Crippen LogP contribution in [0.4, 0.5) is 10.2 Å². The number of rotatable bonds is 4. The van der Waals surface area contributed by atoms with Crippen molar-refractivity contribution in [3.8, 4) is 0 Å². The molecule has 0 spiro atoms. The van der Waals surface area contributed by atoms with Gasteiger partial charge in [-0.05, 0) is 24.3 Å². The monoisotopic (exact) mass is 297 g/mol. The summed E-state index contributed by atoms with van der Waals surface area (Å²) in [6.45, 7) is 0. The second kappa shape index (κ2) is 5.21. The van der Waals surface area contributed by atoms with Crippen LogP contribution < -0.4 is 4.72 Å². The highest BCUT2D eigenvalue weighted by molar-refractivity contribution is 7.92. The largest absolute Gasteiger partial charge is 0.478 e. The Hall–Kier alpha value is -2.55. The van der Waals surface area contributed by atoms with E-state index in [-0.39, 0.29) is 16.4 Å². The molecule has 0 radical (unpaired) electrons. The molecule has 0 saturated carbocycles. The van der Waals surface area contributed by atoms with E-state index in [2.05, 4.69) is 14.7 Å². The number of nitrogens with zero attached hydrogens (tertiary/aromatic N) is 2. The lowest BCUT2D eigenvalue weighted by atomic mass is 10.3. The molecule has 0 unspecified atom stereocenters. The Labute approximate surface area is 113 Å². The van der Waals surface area contributed by atoms with E-state index in [1.54, 1.807) is 0 Å². The molecule has 2 aromatic rings. The number of nitrogens with one attached hydrogen (secondary N) is 1. The number of anilines is 1. The standard InChI is InChI=1S/C11H8FN3O4S/c12-8-2-3-9(13-6-8)15-20(18,19)10-4-1-7(5-14-10)11(16)17/h1-6H,(H,13,15)(H,16,17). The molecule has 0 fully saturated rings. The van der Waals surface area contributed by atoms with Crippen molar-refractivity contribution in [1.82, 2.24) is 9.97 Å². The molecule has 0 saturated heterocycles. The SMILES string of the molecule is O=C(O)c1ccc(S(=O)(=O)Nc2ccc(F)cn2)nc1. The van der Waals surface area contributed by atoms with Crippen molar-refractivity contribution < 1.29 is 22.7 Å². The Morgan fingerprint density at radius 1 is 1.15 bits per heavy atom. The highest BCUT2D eigenvalue weighted by Gasteiger charge is 2.17. The van der Waals surface area contributed by atoms with Gasteiger partial charge in [-0.3, -0.25) is 4.72 Å². The van der Waals surface area contributed by atoms with Crippen LogP contribution in [0.25, 0.3) is 0 Å². The van der Waals surface area contributed by atoms with Crippen LogP contribution in [0.5, 0.6) is 0 Å². The van der Waals surface area contributed by atoms with Crippen LogP contribution in [0.3, 0.4) is 0 Å². The molecule has 0 aliphatic rings. The first-order valence-electron chi connectivity index (χ1n) is 5.22. The average molecular weight is 297 g/mol. The molecule has 0 bridgehead atoms. The molecule has 7 nitrogen and oxygen atoms in total. The van der Waals surface area contributed by atoms with Crippen molar-refractivity contribution in [1.29, 1.82) is 0 Å². The van der Waals surface area contributed by atoms with Gasteiger partial charge in [0.25, 0.3) is 10.0 Å². The highest BCUT2D eigenvalue weighted by atomic mass is 32.2. The van der Waals surface area contributed by atoms with Crippen LogP contribution >= 0.6 is 0 Å². The van der Waals surface area contributed by atoms with Crippen LogP contribution in [0.15, 0.2) is 41.7 Å². The molecular formula is C11H8FN3O4S. The molecule has 0 aliphatic carbocycles. The molecule has 0 aliphatic heterocycles. The first-order valence-corrected chi connectivity index (χ1v) is 6.70. The number of aromatic nitrogens is 2. The minimum Gasteiger partial charge on any atom is -0.478 e. The predicted molar refractivity (Wildman–Crippen MR) is 66.2 cm³/mol. The lowest BCUT2D eigenvalue weighted by Gasteiger charge is -2.06. The normalized spacial score (nSPS) is 11.1. The summed E-state index contributed by atoms with van der Waals surface area (Å²) in [7, 11) is -4.01. The van der Waals surface area contributed by atoms with Crippen LogP contribution in [-0.2, 0) is 10.0 Å². The Morgan fingerprint density at radius 3 is 2.40 bits per heavy atom. The van der Waals surface area contributed by atoms with Gasteiger partial charge in [-0.2, -0.15) is 8.42 Å². The lowest BCUT2D eigenvalue weighted by molar-refractivity contribution is 0.0696. The fourth-order valence-corrected chi connectivity index (χ4v) is 2.23. The number of hydrogen-bond donors (Lipinski definition) is 2. The third kappa shape index (κ3) is 3.06. The van der Waals surface area contributed by atoms with E-state index in [0.29, 0.717) is 0 Å². The topological polar surface area (TPSA) is 109 Å². The lowest BCUT2D eigenvalue weighted by Crippen LogP contribution is -2.15. The van der Waals surface area contributed by atoms with Gasteiger partial charge in [0, 0.05) is 6.20 Å². The molecular weight excluding hydrogens is 289 g/mol. The van der Waals surface area contributed by atoms with Crippen molar-refractivity contribution in [3.63, 3.8) is 0 Å². The van der Waals surface area contributed by atoms with Gasteiger partial charge in [0.15, 0.2) is 5.03 Å². The molecule has 2 heterocycles. The summed E-state index contributed by atoms with van der Waals surface area (Å²) in [6.07, 6.45) is 1.79. The van der Waals surface area contributed by atoms with E-state index in [4.69, 9.17) is 5.11 Å². The summed E-state index contributed by atoms with van der Waals surface area (Å²) < 4.78 is 38.6. The first-order chi connectivity index (χ1) is 9.38. The molecule has 9 heteroatoms. The summed E-state index contributed by atoms with van der Waals surface area (Å²) in [5.74, 6) is -1.89. The van der Waals surface area contributed by atoms with E-state index in [9.17, 15) is 17.6 Å². The first kappa shape index (κ1) is 13.9. The van der Waals surface area contributed by atoms with E-state index in [0.717, 1.165) is 36.7 Å². The zero-order valence-corrected chi connectivity index (χ0v) is 10.6. The summed E-state index contributed by atoms with van der Waals surface area (Å²) in [5, 5.41) is 8.32. The van der Waals surface area contributed by atoms with Crippen LogP contribution in [0, 0.1) is 5.82 Å². The van der Waals surface area contributed by atoms with Crippen molar-refractivity contribution in [2.45, 2.75) is 5.03 Å². The van der Waals surface area contributed by atoms with Crippen molar-refractivity contribution in [2.24, 2.45) is 0 Å². The summed E-state index contributed by atoms with van der Waals surface area (Å²) in [6, 6.07) is 4.36. The Balaban J connectivity index is 2.26. The van der Waals surface area contributed by atoms with E-state index < -0.39 is 21.8 Å². The molecule has 0 amide bonds. The number of hydrogen-bond acceptors (Lipinski definition) is 5. The average Bonchev–Trinajstić information content (AvgIpc) is 2.41. The maximum absolute atomic E-state index is 12.7. The number of carboxylic acids is 1. The van der Waals surface area contributed by atoms with Gasteiger partial charge in [0.05, 0.1) is 11.8 Å². The quantitative estimate of drug-likeness (QED) is 0.875. The van der Waals surface area contributed by atoms with Gasteiger partial charge in [-0.15, -0.1) is 0 Å². The summed E-state index contributed by atoms with van der Waals surface area (Å²) >= 11 is 0. The predicted octanol–water partition coefficient (Wildman–Crippen LogP) is 1.11. The smallest absolute Gasteiger partial charge is 0.337 e. The third-order valence-corrected chi connectivity index (χ3v) is 3.49. The minimum atomic E-state index is -4.01. The number of pyridine rings is 2. The number of aromatic carboxylic acids is 1. The number of carboxylic acid groups (broad SMARTS) is 1. The summed E-state index contributed by atoms with van der Waals surface area (Å²) in [4.78, 5) is 17.7. The van der Waals surface area contributed by atoms with Crippen LogP contribution in [0.1, 0.15) is 10.4 Å². The minimum absolute atomic E-state index is 0.0736. The van der Waals surface area contributed by atoms with E-state index >= 15 is 0 Å². The van der Waals surface area contributed by atoms with Crippen molar-refractivity contribution >= 4 is 21.8 Å². The van der Waals surface area contributed by atoms with E-state index in [1.807, 2.05) is 0 Å². The molecule has 20 heavy (non-hydrogen) atoms. The fraction of sp³-hybridized carbons (Fsp3) is 0. The van der Waals surface area contributed by atoms with Crippen LogP contribution in [0.2, 0.25) is 0 Å². The maximum Gasteiger partial charge on any atom is 0.337 e. The second-order valence-corrected chi connectivity index (χ2v) is 5.29. The molecule has 104 valence electrons. The van der Waals surface area contributed by atoms with E-state index in [1.165, 1.54) is 0 Å². The fourth-order valence-electron chi connectivity index (χ4n) is 1.29. The molecule has 2 rings (SSSR count). The number of halogens is 1. The zero-order chi connectivity index (χ0) is 14.8. The molecule has 0 aromatic carbocycles. The van der Waals surface area contributed by atoms with Crippen LogP contribution in [-0.4, -0.2) is 29.5 Å². The molecule has 2 aromatic heterocycles. The number of sulfonamides is 1. The maximum atomic E-state index is 12.7. The van der Waals surface area contributed by atoms with Crippen molar-refractivity contribution in [2.75, 3.05) is 4.72 Å². The Bertz CT molecular complexity index is 729. The van der Waals surface area contributed by atoms with Crippen molar-refractivity contribution in [3.05, 3.63) is 48.0 Å². The highest BCUT2D eigenvalue weighted by Crippen LogP contribution is 2.12. The zero-order valence-electron chi connectivity index (χ0n) is 9.82. The van der Waals surface area contributed by atoms with Gasteiger partial charge in [0.2, 0.25) is 0 Å². The van der Waals surface area contributed by atoms with Gasteiger partial charge >= 0.3 is 5.97 Å². The Morgan fingerprint density at radius 2 is 1.90 bits per heavy atom. The molecule has 0 atom stereocenters. The van der Waals surface area contributed by atoms with Gasteiger partial charge < -0.3 is 5.11 Å². The van der Waals surface area contributed by atoms with Gasteiger partial charge in [-0.25, -0.2) is 19.2 Å².